The fourth-order valence-electron chi connectivity index (χ4n) is 3.22. The van der Waals surface area contributed by atoms with Gasteiger partial charge in [0, 0.05) is 18.2 Å². The number of hydrogen-bond acceptors (Lipinski definition) is 3. The predicted molar refractivity (Wildman–Crippen MR) is 100 cm³/mol. The van der Waals surface area contributed by atoms with E-state index >= 15 is 0 Å². The molecule has 0 saturated carbocycles. The lowest BCUT2D eigenvalue weighted by molar-refractivity contribution is -0.917. The van der Waals surface area contributed by atoms with Gasteiger partial charge in [-0.3, -0.25) is 4.79 Å². The van der Waals surface area contributed by atoms with Gasteiger partial charge in [0.05, 0.1) is 31.1 Å². The average Bonchev–Trinajstić information content (AvgIpc) is 2.62. The van der Waals surface area contributed by atoms with Crippen molar-refractivity contribution in [1.82, 2.24) is 4.31 Å². The molecule has 0 atom stereocenters. The van der Waals surface area contributed by atoms with E-state index in [1.54, 1.807) is 18.2 Å². The summed E-state index contributed by atoms with van der Waals surface area (Å²) in [7, 11) is -3.56. The number of hydrogen-bond donors (Lipinski definition) is 2. The summed E-state index contributed by atoms with van der Waals surface area (Å²) in [6, 6.07) is 12.7. The highest BCUT2D eigenvalue weighted by Gasteiger charge is 2.30. The highest BCUT2D eigenvalue weighted by atomic mass is 32.2. The molecule has 0 bridgehead atoms. The molecular weight excluding hydrogens is 369 g/mol. The molecule has 1 aliphatic heterocycles. The summed E-state index contributed by atoms with van der Waals surface area (Å²) in [6.07, 6.45) is 0. The van der Waals surface area contributed by atoms with E-state index in [2.05, 4.69) is 5.32 Å². The molecule has 0 radical (unpaired) electrons. The summed E-state index contributed by atoms with van der Waals surface area (Å²) in [6.45, 7) is 4.24. The molecule has 1 amide bonds. The highest BCUT2D eigenvalue weighted by molar-refractivity contribution is 7.89. The monoisotopic (exact) mass is 392 g/mol. The number of piperazine rings is 1. The minimum atomic E-state index is -3.56. The second kappa shape index (κ2) is 8.16. The summed E-state index contributed by atoms with van der Waals surface area (Å²) in [5.41, 5.74) is 1.47. The van der Waals surface area contributed by atoms with Crippen molar-refractivity contribution in [2.75, 3.05) is 31.5 Å². The topological polar surface area (TPSA) is 70.9 Å². The molecule has 0 unspecified atom stereocenters. The zero-order valence-corrected chi connectivity index (χ0v) is 15.9. The first-order valence-corrected chi connectivity index (χ1v) is 10.2. The van der Waals surface area contributed by atoms with Gasteiger partial charge in [0.15, 0.2) is 0 Å². The molecule has 144 valence electrons. The molecule has 3 rings (SSSR count). The van der Waals surface area contributed by atoms with Crippen molar-refractivity contribution < 1.29 is 22.5 Å². The Balaban J connectivity index is 1.61. The van der Waals surface area contributed by atoms with Gasteiger partial charge in [-0.05, 0) is 36.4 Å². The van der Waals surface area contributed by atoms with Crippen molar-refractivity contribution >= 4 is 21.6 Å². The molecule has 1 fully saturated rings. The summed E-state index contributed by atoms with van der Waals surface area (Å²) in [5, 5.41) is 2.62. The number of sulfonamides is 1. The van der Waals surface area contributed by atoms with Crippen LogP contribution in [0.25, 0.3) is 0 Å². The Kier molecular flexibility index (Phi) is 5.88. The maximum Gasteiger partial charge on any atom is 0.243 e. The molecule has 1 aliphatic rings. The van der Waals surface area contributed by atoms with Crippen molar-refractivity contribution in [3.63, 3.8) is 0 Å². The third-order valence-corrected chi connectivity index (χ3v) is 6.50. The van der Waals surface area contributed by atoms with Gasteiger partial charge in [-0.1, -0.05) is 12.1 Å². The van der Waals surface area contributed by atoms with Crippen LogP contribution < -0.4 is 10.2 Å². The van der Waals surface area contributed by atoms with E-state index in [-0.39, 0.29) is 16.6 Å². The van der Waals surface area contributed by atoms with E-state index < -0.39 is 10.0 Å². The van der Waals surface area contributed by atoms with Crippen LogP contribution in [0.4, 0.5) is 10.1 Å². The van der Waals surface area contributed by atoms with Crippen LogP contribution in [0, 0.1) is 5.82 Å². The molecule has 8 heteroatoms. The lowest BCUT2D eigenvalue weighted by atomic mass is 10.2. The summed E-state index contributed by atoms with van der Waals surface area (Å²) >= 11 is 0. The van der Waals surface area contributed by atoms with Crippen LogP contribution in [0.1, 0.15) is 12.5 Å². The standard InChI is InChI=1S/C19H22FN3O3S/c1-15(24)21-18-5-7-19(8-6-18)27(25,26)23-11-9-22(10-12-23)14-16-3-2-4-17(20)13-16/h2-8,13H,9-12,14H2,1H3,(H,21,24)/p+1. The number of halogens is 1. The van der Waals surface area contributed by atoms with Crippen molar-refractivity contribution in [3.05, 3.63) is 59.9 Å². The SMILES string of the molecule is CC(=O)Nc1ccc(S(=O)(=O)N2CC[NH+](Cc3cccc(F)c3)CC2)cc1. The van der Waals surface area contributed by atoms with Crippen molar-refractivity contribution in [1.29, 1.82) is 0 Å². The minimum absolute atomic E-state index is 0.206. The molecule has 2 aromatic carbocycles. The zero-order valence-electron chi connectivity index (χ0n) is 15.1. The number of amides is 1. The minimum Gasteiger partial charge on any atom is -0.329 e. The van der Waals surface area contributed by atoms with Gasteiger partial charge >= 0.3 is 0 Å². The van der Waals surface area contributed by atoms with Crippen LogP contribution in [-0.4, -0.2) is 44.8 Å². The maximum atomic E-state index is 13.3. The zero-order chi connectivity index (χ0) is 19.4. The van der Waals surface area contributed by atoms with Crippen molar-refractivity contribution in [2.24, 2.45) is 0 Å². The van der Waals surface area contributed by atoms with Gasteiger partial charge in [-0.15, -0.1) is 0 Å². The third-order valence-electron chi connectivity index (χ3n) is 4.59. The van der Waals surface area contributed by atoms with E-state index in [0.29, 0.717) is 38.4 Å². The van der Waals surface area contributed by atoms with E-state index in [1.807, 2.05) is 6.07 Å². The smallest absolute Gasteiger partial charge is 0.243 e. The second-order valence-electron chi connectivity index (χ2n) is 6.67. The molecular formula is C19H23FN3O3S+. The Labute approximate surface area is 158 Å². The molecule has 6 nitrogen and oxygen atoms in total. The maximum absolute atomic E-state index is 13.3. The Morgan fingerprint density at radius 2 is 1.81 bits per heavy atom. The molecule has 0 aliphatic carbocycles. The lowest BCUT2D eigenvalue weighted by Gasteiger charge is -2.31. The first-order valence-electron chi connectivity index (χ1n) is 8.80. The Morgan fingerprint density at radius 3 is 2.41 bits per heavy atom. The molecule has 1 saturated heterocycles. The van der Waals surface area contributed by atoms with Gasteiger partial charge in [-0.25, -0.2) is 12.8 Å². The van der Waals surface area contributed by atoms with Crippen LogP contribution in [0.3, 0.4) is 0 Å². The molecule has 2 aromatic rings. The van der Waals surface area contributed by atoms with E-state index in [1.165, 1.54) is 40.4 Å². The number of quaternary nitrogens is 1. The number of rotatable bonds is 5. The third kappa shape index (κ3) is 4.91. The molecule has 0 spiro atoms. The molecule has 27 heavy (non-hydrogen) atoms. The number of nitrogens with zero attached hydrogens (tertiary/aromatic N) is 1. The van der Waals surface area contributed by atoms with Crippen molar-refractivity contribution in [2.45, 2.75) is 18.4 Å². The fraction of sp³-hybridized carbons (Fsp3) is 0.316. The van der Waals surface area contributed by atoms with Crippen LogP contribution in [0.2, 0.25) is 0 Å². The van der Waals surface area contributed by atoms with E-state index in [9.17, 15) is 17.6 Å². The van der Waals surface area contributed by atoms with Crippen LogP contribution in [0.15, 0.2) is 53.4 Å². The number of carbonyl (C=O) groups is 1. The summed E-state index contributed by atoms with van der Waals surface area (Å²) in [4.78, 5) is 12.5. The number of nitrogens with one attached hydrogen (secondary N) is 2. The molecule has 2 N–H and O–H groups in total. The average molecular weight is 392 g/mol. The Bertz CT molecular complexity index is 908. The van der Waals surface area contributed by atoms with Gasteiger partial charge in [0.1, 0.15) is 12.4 Å². The van der Waals surface area contributed by atoms with Gasteiger partial charge in [0.25, 0.3) is 0 Å². The highest BCUT2D eigenvalue weighted by Crippen LogP contribution is 2.18. The summed E-state index contributed by atoms with van der Waals surface area (Å²) < 4.78 is 40.4. The van der Waals surface area contributed by atoms with Gasteiger partial charge in [-0.2, -0.15) is 4.31 Å². The van der Waals surface area contributed by atoms with Gasteiger partial charge < -0.3 is 10.2 Å². The first-order chi connectivity index (χ1) is 12.8. The van der Waals surface area contributed by atoms with Crippen LogP contribution >= 0.6 is 0 Å². The summed E-state index contributed by atoms with van der Waals surface area (Å²) in [5.74, 6) is -0.459. The fourth-order valence-corrected chi connectivity index (χ4v) is 4.66. The lowest BCUT2D eigenvalue weighted by Crippen LogP contribution is -3.13. The van der Waals surface area contributed by atoms with Crippen molar-refractivity contribution in [3.8, 4) is 0 Å². The van der Waals surface area contributed by atoms with Gasteiger partial charge in [0.2, 0.25) is 15.9 Å². The molecule has 1 heterocycles. The Morgan fingerprint density at radius 1 is 1.15 bits per heavy atom. The quantitative estimate of drug-likeness (QED) is 0.793. The van der Waals surface area contributed by atoms with E-state index in [4.69, 9.17) is 0 Å². The normalized spacial score (nSPS) is 16.2. The first kappa shape index (κ1) is 19.5. The Hall–Kier alpha value is -2.29. The molecule has 0 aromatic heterocycles. The van der Waals surface area contributed by atoms with E-state index in [0.717, 1.165) is 5.56 Å². The number of carbonyl (C=O) groups excluding carboxylic acids is 1. The predicted octanol–water partition coefficient (Wildman–Crippen LogP) is 0.874. The van der Waals surface area contributed by atoms with Crippen LogP contribution in [-0.2, 0) is 21.4 Å². The number of benzene rings is 2. The van der Waals surface area contributed by atoms with Crippen LogP contribution in [0.5, 0.6) is 0 Å². The second-order valence-corrected chi connectivity index (χ2v) is 8.60. The number of anilines is 1. The largest absolute Gasteiger partial charge is 0.329 e.